The fraction of sp³-hybridized carbons (Fsp3) is 0.333. The summed E-state index contributed by atoms with van der Waals surface area (Å²) < 4.78 is 5.40. The van der Waals surface area contributed by atoms with Crippen LogP contribution < -0.4 is 0 Å². The zero-order valence-corrected chi connectivity index (χ0v) is 13.4. The summed E-state index contributed by atoms with van der Waals surface area (Å²) in [5.41, 5.74) is 4.72. The topological polar surface area (TPSA) is 38.9 Å². The van der Waals surface area contributed by atoms with E-state index in [9.17, 15) is 0 Å². The molecule has 3 nitrogen and oxygen atoms in total. The van der Waals surface area contributed by atoms with Crippen LogP contribution >= 0.6 is 11.8 Å². The van der Waals surface area contributed by atoms with E-state index in [0.29, 0.717) is 5.92 Å². The molecule has 3 aromatic rings. The van der Waals surface area contributed by atoms with Crippen molar-refractivity contribution >= 4 is 22.7 Å². The first-order chi connectivity index (χ1) is 10.8. The number of benzene rings is 1. The van der Waals surface area contributed by atoms with E-state index < -0.39 is 0 Å². The molecule has 112 valence electrons. The minimum Gasteiger partial charge on any atom is -0.360 e. The van der Waals surface area contributed by atoms with Crippen LogP contribution in [-0.2, 0) is 11.5 Å². The smallest absolute Gasteiger partial charge is 0.146 e. The van der Waals surface area contributed by atoms with Gasteiger partial charge in [-0.2, -0.15) is 0 Å². The Hall–Kier alpha value is -1.81. The number of aryl methyl sites for hydroxylation is 1. The van der Waals surface area contributed by atoms with Gasteiger partial charge in [0.1, 0.15) is 5.76 Å². The average molecular weight is 310 g/mol. The van der Waals surface area contributed by atoms with Gasteiger partial charge in [0, 0.05) is 29.3 Å². The molecule has 1 aliphatic carbocycles. The molecule has 1 aromatic carbocycles. The number of hydrogen-bond acceptors (Lipinski definition) is 4. The van der Waals surface area contributed by atoms with Crippen molar-refractivity contribution in [1.29, 1.82) is 0 Å². The number of nitrogens with zero attached hydrogens (tertiary/aromatic N) is 2. The Morgan fingerprint density at radius 2 is 2.09 bits per heavy atom. The molecule has 2 aromatic heterocycles. The lowest BCUT2D eigenvalue weighted by molar-refractivity contribution is 0.388. The lowest BCUT2D eigenvalue weighted by Gasteiger charge is -2.03. The van der Waals surface area contributed by atoms with Gasteiger partial charge in [0.25, 0.3) is 0 Å². The van der Waals surface area contributed by atoms with Gasteiger partial charge in [0.15, 0.2) is 0 Å². The fourth-order valence-electron chi connectivity index (χ4n) is 2.61. The van der Waals surface area contributed by atoms with Crippen molar-refractivity contribution in [3.63, 3.8) is 0 Å². The SMILES string of the molecule is Cc1ccc2ncc(CSCc3cc(C4CC4)no3)cc2c1. The van der Waals surface area contributed by atoms with Crippen LogP contribution in [0.25, 0.3) is 10.9 Å². The molecular formula is C18H18N2OS. The molecule has 0 atom stereocenters. The molecule has 2 heterocycles. The Kier molecular flexibility index (Phi) is 3.62. The molecule has 0 aliphatic heterocycles. The van der Waals surface area contributed by atoms with Gasteiger partial charge in [0.05, 0.1) is 17.0 Å². The van der Waals surface area contributed by atoms with Crippen LogP contribution in [0.15, 0.2) is 41.1 Å². The van der Waals surface area contributed by atoms with Crippen LogP contribution in [0.1, 0.15) is 41.3 Å². The summed E-state index contributed by atoms with van der Waals surface area (Å²) in [6.45, 7) is 2.11. The molecule has 0 N–H and O–H groups in total. The first-order valence-electron chi connectivity index (χ1n) is 7.66. The van der Waals surface area contributed by atoms with E-state index in [0.717, 1.165) is 28.5 Å². The first kappa shape index (κ1) is 13.8. The van der Waals surface area contributed by atoms with Crippen LogP contribution in [0.2, 0.25) is 0 Å². The second kappa shape index (κ2) is 5.76. The van der Waals surface area contributed by atoms with Crippen LogP contribution in [0, 0.1) is 6.92 Å². The summed E-state index contributed by atoms with van der Waals surface area (Å²) in [4.78, 5) is 4.53. The predicted octanol–water partition coefficient (Wildman–Crippen LogP) is 4.84. The third-order valence-corrected chi connectivity index (χ3v) is 5.01. The van der Waals surface area contributed by atoms with Crippen molar-refractivity contribution < 1.29 is 4.52 Å². The van der Waals surface area contributed by atoms with Crippen LogP contribution in [-0.4, -0.2) is 10.1 Å². The number of thioether (sulfide) groups is 1. The minimum absolute atomic E-state index is 0.662. The van der Waals surface area contributed by atoms with Crippen LogP contribution in [0.5, 0.6) is 0 Å². The second-order valence-corrected chi connectivity index (χ2v) is 7.01. The number of fused-ring (bicyclic) bond motifs is 1. The zero-order valence-electron chi connectivity index (χ0n) is 12.6. The zero-order chi connectivity index (χ0) is 14.9. The van der Waals surface area contributed by atoms with Gasteiger partial charge in [0.2, 0.25) is 0 Å². The van der Waals surface area contributed by atoms with E-state index in [2.05, 4.69) is 47.4 Å². The molecule has 0 unspecified atom stereocenters. The van der Waals surface area contributed by atoms with E-state index >= 15 is 0 Å². The molecule has 22 heavy (non-hydrogen) atoms. The summed E-state index contributed by atoms with van der Waals surface area (Å²) in [7, 11) is 0. The highest BCUT2D eigenvalue weighted by Gasteiger charge is 2.26. The molecule has 0 radical (unpaired) electrons. The summed E-state index contributed by atoms with van der Waals surface area (Å²) in [6.07, 6.45) is 4.50. The maximum atomic E-state index is 5.40. The van der Waals surface area contributed by atoms with Crippen LogP contribution in [0.4, 0.5) is 0 Å². The normalized spacial score (nSPS) is 14.6. The Morgan fingerprint density at radius 3 is 2.95 bits per heavy atom. The second-order valence-electron chi connectivity index (χ2n) is 6.02. The lowest BCUT2D eigenvalue weighted by Crippen LogP contribution is -1.87. The molecule has 1 aliphatic rings. The number of pyridine rings is 1. The minimum atomic E-state index is 0.662. The third kappa shape index (κ3) is 3.02. The summed E-state index contributed by atoms with van der Waals surface area (Å²) in [5, 5.41) is 5.37. The predicted molar refractivity (Wildman–Crippen MR) is 90.0 cm³/mol. The monoisotopic (exact) mass is 310 g/mol. The van der Waals surface area contributed by atoms with Crippen molar-refractivity contribution in [3.05, 3.63) is 59.1 Å². The van der Waals surface area contributed by atoms with E-state index in [-0.39, 0.29) is 0 Å². The Bertz CT molecular complexity index is 808. The van der Waals surface area contributed by atoms with Gasteiger partial charge in [-0.1, -0.05) is 16.8 Å². The number of hydrogen-bond donors (Lipinski definition) is 0. The molecule has 0 bridgehead atoms. The first-order valence-corrected chi connectivity index (χ1v) is 8.82. The molecular weight excluding hydrogens is 292 g/mol. The number of aromatic nitrogens is 2. The van der Waals surface area contributed by atoms with Crippen molar-refractivity contribution in [3.8, 4) is 0 Å². The Labute approximate surface area is 134 Å². The molecule has 1 fully saturated rings. The van der Waals surface area contributed by atoms with E-state index in [1.54, 1.807) is 0 Å². The summed E-state index contributed by atoms with van der Waals surface area (Å²) >= 11 is 1.84. The molecule has 0 saturated heterocycles. The highest BCUT2D eigenvalue weighted by Crippen LogP contribution is 2.39. The van der Waals surface area contributed by atoms with Crippen molar-refractivity contribution in [2.24, 2.45) is 0 Å². The van der Waals surface area contributed by atoms with Gasteiger partial charge >= 0.3 is 0 Å². The van der Waals surface area contributed by atoms with E-state index in [4.69, 9.17) is 4.52 Å². The molecule has 4 rings (SSSR count). The van der Waals surface area contributed by atoms with E-state index in [1.807, 2.05) is 18.0 Å². The molecule has 4 heteroatoms. The van der Waals surface area contributed by atoms with Gasteiger partial charge in [-0.15, -0.1) is 11.8 Å². The van der Waals surface area contributed by atoms with Crippen molar-refractivity contribution in [1.82, 2.24) is 10.1 Å². The van der Waals surface area contributed by atoms with Crippen molar-refractivity contribution in [2.45, 2.75) is 37.2 Å². The Morgan fingerprint density at radius 1 is 1.18 bits per heavy atom. The molecule has 1 saturated carbocycles. The van der Waals surface area contributed by atoms with Gasteiger partial charge in [-0.05, 0) is 43.5 Å². The van der Waals surface area contributed by atoms with Crippen molar-refractivity contribution in [2.75, 3.05) is 0 Å². The quantitative estimate of drug-likeness (QED) is 0.676. The van der Waals surface area contributed by atoms with E-state index in [1.165, 1.54) is 29.4 Å². The number of rotatable bonds is 5. The largest absolute Gasteiger partial charge is 0.360 e. The maximum absolute atomic E-state index is 5.40. The van der Waals surface area contributed by atoms with Gasteiger partial charge < -0.3 is 4.52 Å². The van der Waals surface area contributed by atoms with Crippen LogP contribution in [0.3, 0.4) is 0 Å². The van der Waals surface area contributed by atoms with Gasteiger partial charge in [-0.3, -0.25) is 4.98 Å². The summed E-state index contributed by atoms with van der Waals surface area (Å²) in [5.74, 6) is 3.45. The van der Waals surface area contributed by atoms with Gasteiger partial charge in [-0.25, -0.2) is 0 Å². The molecule has 0 spiro atoms. The Balaban J connectivity index is 1.40. The maximum Gasteiger partial charge on any atom is 0.146 e. The third-order valence-electron chi connectivity index (χ3n) is 3.98. The summed E-state index contributed by atoms with van der Waals surface area (Å²) in [6, 6.07) is 10.7. The fourth-order valence-corrected chi connectivity index (χ4v) is 3.45. The average Bonchev–Trinajstić information content (AvgIpc) is 3.27. The molecule has 0 amide bonds. The highest BCUT2D eigenvalue weighted by atomic mass is 32.2. The highest BCUT2D eigenvalue weighted by molar-refractivity contribution is 7.97. The lowest BCUT2D eigenvalue weighted by atomic mass is 10.1. The standard InChI is InChI=1S/C18H18N2OS/c1-12-2-5-17-15(6-12)7-13(9-19-17)10-22-11-16-8-18(20-21-16)14-3-4-14/h2,5-9,14H,3-4,10-11H2,1H3.